The second-order valence-corrected chi connectivity index (χ2v) is 4.77. The van der Waals surface area contributed by atoms with Crippen LogP contribution in [-0.4, -0.2) is 22.2 Å². The molecule has 4 nitrogen and oxygen atoms in total. The fraction of sp³-hybridized carbons (Fsp3) is 0.0769. The summed E-state index contributed by atoms with van der Waals surface area (Å²) >= 11 is 6.17. The summed E-state index contributed by atoms with van der Waals surface area (Å²) in [6, 6.07) is 9.47. The monoisotopic (exact) mass is 271 g/mol. The molecule has 0 radical (unpaired) electrons. The predicted octanol–water partition coefficient (Wildman–Crippen LogP) is 1.50. The summed E-state index contributed by atoms with van der Waals surface area (Å²) in [6.07, 6.45) is 3.24. The minimum Gasteiger partial charge on any atom is -0.427 e. The van der Waals surface area contributed by atoms with Crippen molar-refractivity contribution in [3.8, 4) is 0 Å². The van der Waals surface area contributed by atoms with Crippen molar-refractivity contribution in [2.75, 3.05) is 4.92 Å². The first-order valence-electron chi connectivity index (χ1n) is 5.89. The Morgan fingerprint density at radius 1 is 1.32 bits per heavy atom. The maximum absolute atomic E-state index is 10.4. The Morgan fingerprint density at radius 3 is 2.95 bits per heavy atom. The Morgan fingerprint density at radius 2 is 2.16 bits per heavy atom. The number of fused-ring (bicyclic) bond motifs is 1. The van der Waals surface area contributed by atoms with E-state index >= 15 is 0 Å². The quantitative estimate of drug-likeness (QED) is 0.800. The second-order valence-electron chi connectivity index (χ2n) is 4.41. The van der Waals surface area contributed by atoms with Crippen LogP contribution in [0.4, 0.5) is 5.69 Å². The molecular formula is C13H11BClN3O. The van der Waals surface area contributed by atoms with E-state index in [1.165, 1.54) is 4.92 Å². The van der Waals surface area contributed by atoms with E-state index in [-0.39, 0.29) is 0 Å². The number of nitrogens with zero attached hydrogens (tertiary/aromatic N) is 3. The molecule has 1 aliphatic rings. The van der Waals surface area contributed by atoms with Crippen molar-refractivity contribution in [1.82, 2.24) is 4.98 Å². The van der Waals surface area contributed by atoms with Crippen LogP contribution in [0.3, 0.4) is 0 Å². The first-order valence-corrected chi connectivity index (χ1v) is 6.27. The molecule has 94 valence electrons. The van der Waals surface area contributed by atoms with E-state index in [0.717, 1.165) is 11.3 Å². The molecule has 0 saturated carbocycles. The molecule has 0 fully saturated rings. The summed E-state index contributed by atoms with van der Waals surface area (Å²) in [5, 5.41) is 15.0. The highest BCUT2D eigenvalue weighted by Gasteiger charge is 2.33. The van der Waals surface area contributed by atoms with Crippen LogP contribution in [0.25, 0.3) is 0 Å². The Hall–Kier alpha value is -1.85. The third-order valence-corrected chi connectivity index (χ3v) is 3.32. The van der Waals surface area contributed by atoms with Crippen LogP contribution < -0.4 is 10.4 Å². The number of pyridine rings is 1. The van der Waals surface area contributed by atoms with Gasteiger partial charge in [0, 0.05) is 29.1 Å². The molecule has 0 atom stereocenters. The Labute approximate surface area is 116 Å². The fourth-order valence-corrected chi connectivity index (χ4v) is 2.36. The number of rotatable bonds is 1. The second kappa shape index (κ2) is 4.68. The minimum absolute atomic E-state index is 0.351. The van der Waals surface area contributed by atoms with Gasteiger partial charge in [-0.15, -0.1) is 0 Å². The van der Waals surface area contributed by atoms with Gasteiger partial charge in [-0.05, 0) is 30.7 Å². The molecule has 3 rings (SSSR count). The summed E-state index contributed by atoms with van der Waals surface area (Å²) in [5.41, 5.74) is 3.25. The van der Waals surface area contributed by atoms with Crippen molar-refractivity contribution in [3.05, 3.63) is 53.9 Å². The summed E-state index contributed by atoms with van der Waals surface area (Å²) in [6.45, 7) is 1.99. The van der Waals surface area contributed by atoms with Crippen LogP contribution in [0.5, 0.6) is 0 Å². The molecule has 2 aromatic rings. The van der Waals surface area contributed by atoms with E-state index in [2.05, 4.69) is 10.1 Å². The number of halogens is 1. The topological polar surface area (TPSA) is 48.7 Å². The Balaban J connectivity index is 2.09. The van der Waals surface area contributed by atoms with Gasteiger partial charge in [-0.3, -0.25) is 9.90 Å². The normalized spacial score (nSPS) is 14.2. The number of hydrogen-bond donors (Lipinski definition) is 1. The van der Waals surface area contributed by atoms with Gasteiger partial charge in [-0.2, -0.15) is 5.10 Å². The van der Waals surface area contributed by atoms with Crippen molar-refractivity contribution in [3.63, 3.8) is 0 Å². The third-order valence-electron chi connectivity index (χ3n) is 3.05. The standard InChI is InChI=1S/C13H11BClN3O/c1-9-3-2-4-10(7-9)18-14(19)12-8-16-6-5-11(12)13(15)17-18/h2-8,19H,1H3. The van der Waals surface area contributed by atoms with Crippen LogP contribution in [0.1, 0.15) is 11.1 Å². The molecule has 0 unspecified atom stereocenters. The van der Waals surface area contributed by atoms with Crippen LogP contribution in [0.15, 0.2) is 47.8 Å². The van der Waals surface area contributed by atoms with Crippen molar-refractivity contribution < 1.29 is 5.02 Å². The fourth-order valence-electron chi connectivity index (χ4n) is 2.10. The van der Waals surface area contributed by atoms with Gasteiger partial charge < -0.3 is 5.02 Å². The lowest BCUT2D eigenvalue weighted by Crippen LogP contribution is -2.51. The molecule has 6 heteroatoms. The van der Waals surface area contributed by atoms with E-state index in [9.17, 15) is 5.02 Å². The third kappa shape index (κ3) is 2.11. The first kappa shape index (κ1) is 12.2. The molecule has 0 aliphatic carbocycles. The van der Waals surface area contributed by atoms with Gasteiger partial charge in [0.15, 0.2) is 5.17 Å². The highest BCUT2D eigenvalue weighted by molar-refractivity contribution is 6.79. The Bertz CT molecular complexity index is 662. The SMILES string of the molecule is Cc1cccc(N2N=C(Cl)c3ccncc3B2O)c1. The summed E-state index contributed by atoms with van der Waals surface area (Å²) < 4.78 is 0. The molecule has 0 spiro atoms. The molecule has 1 aromatic heterocycles. The van der Waals surface area contributed by atoms with Gasteiger partial charge in [-0.1, -0.05) is 23.7 Å². The zero-order valence-corrected chi connectivity index (χ0v) is 11.0. The van der Waals surface area contributed by atoms with Gasteiger partial charge in [0.1, 0.15) is 0 Å². The van der Waals surface area contributed by atoms with E-state index in [1.807, 2.05) is 31.2 Å². The number of hydrazone groups is 1. The summed E-state index contributed by atoms with van der Waals surface area (Å²) in [7, 11) is -0.881. The van der Waals surface area contributed by atoms with Crippen molar-refractivity contribution in [2.45, 2.75) is 6.92 Å². The highest BCUT2D eigenvalue weighted by atomic mass is 35.5. The lowest BCUT2D eigenvalue weighted by atomic mass is 9.70. The summed E-state index contributed by atoms with van der Waals surface area (Å²) in [4.78, 5) is 5.53. The van der Waals surface area contributed by atoms with Gasteiger partial charge in [0.2, 0.25) is 0 Å². The number of aryl methyl sites for hydroxylation is 1. The van der Waals surface area contributed by atoms with E-state index in [4.69, 9.17) is 11.6 Å². The molecule has 1 aliphatic heterocycles. The van der Waals surface area contributed by atoms with Crippen LogP contribution in [0.2, 0.25) is 0 Å². The molecular weight excluding hydrogens is 260 g/mol. The number of hydrogen-bond acceptors (Lipinski definition) is 4. The number of aromatic nitrogens is 1. The number of anilines is 1. The van der Waals surface area contributed by atoms with Crippen LogP contribution >= 0.6 is 11.6 Å². The lowest BCUT2D eigenvalue weighted by Gasteiger charge is -2.27. The molecule has 0 saturated heterocycles. The smallest absolute Gasteiger partial charge is 0.427 e. The minimum atomic E-state index is -0.881. The van der Waals surface area contributed by atoms with Crippen molar-refractivity contribution in [2.24, 2.45) is 5.10 Å². The molecule has 1 aromatic carbocycles. The highest BCUT2D eigenvalue weighted by Crippen LogP contribution is 2.21. The van der Waals surface area contributed by atoms with E-state index in [1.54, 1.807) is 18.5 Å². The maximum atomic E-state index is 10.4. The molecule has 19 heavy (non-hydrogen) atoms. The van der Waals surface area contributed by atoms with Crippen molar-refractivity contribution in [1.29, 1.82) is 0 Å². The summed E-state index contributed by atoms with van der Waals surface area (Å²) in [5.74, 6) is 0. The lowest BCUT2D eigenvalue weighted by molar-refractivity contribution is 0.578. The first-order chi connectivity index (χ1) is 9.16. The van der Waals surface area contributed by atoms with Gasteiger partial charge in [0.25, 0.3) is 0 Å². The average Bonchev–Trinajstić information content (AvgIpc) is 2.43. The largest absolute Gasteiger partial charge is 0.473 e. The van der Waals surface area contributed by atoms with Crippen molar-refractivity contribution >= 4 is 35.0 Å². The predicted molar refractivity (Wildman–Crippen MR) is 77.9 cm³/mol. The zero-order chi connectivity index (χ0) is 13.4. The van der Waals surface area contributed by atoms with E-state index < -0.39 is 7.05 Å². The molecule has 0 amide bonds. The Kier molecular flexibility index (Phi) is 3.01. The molecule has 1 N–H and O–H groups in total. The van der Waals surface area contributed by atoms with Crippen LogP contribution in [-0.2, 0) is 0 Å². The number of benzene rings is 1. The molecule has 2 heterocycles. The van der Waals surface area contributed by atoms with E-state index in [0.29, 0.717) is 16.2 Å². The van der Waals surface area contributed by atoms with Crippen LogP contribution in [0, 0.1) is 6.92 Å². The zero-order valence-electron chi connectivity index (χ0n) is 10.3. The molecule has 0 bridgehead atoms. The maximum Gasteiger partial charge on any atom is 0.473 e. The van der Waals surface area contributed by atoms with Gasteiger partial charge >= 0.3 is 7.05 Å². The van der Waals surface area contributed by atoms with Gasteiger partial charge in [0.05, 0.1) is 0 Å². The van der Waals surface area contributed by atoms with Gasteiger partial charge in [-0.25, -0.2) is 0 Å². The average molecular weight is 272 g/mol.